The van der Waals surface area contributed by atoms with Crippen molar-refractivity contribution in [2.75, 3.05) is 6.61 Å². The summed E-state index contributed by atoms with van der Waals surface area (Å²) in [5.74, 6) is 0.749. The first kappa shape index (κ1) is 14.3. The Morgan fingerprint density at radius 1 is 1.35 bits per heavy atom. The molecule has 0 bridgehead atoms. The monoisotopic (exact) mass is 274 g/mol. The van der Waals surface area contributed by atoms with Crippen LogP contribution >= 0.6 is 23.2 Å². The summed E-state index contributed by atoms with van der Waals surface area (Å²) in [5, 5.41) is 1.06. The van der Waals surface area contributed by atoms with Crippen LogP contribution in [-0.4, -0.2) is 12.4 Å². The van der Waals surface area contributed by atoms with Crippen molar-refractivity contribution in [3.8, 4) is 5.75 Å². The zero-order chi connectivity index (χ0) is 13.1. The lowest BCUT2D eigenvalue weighted by atomic mass is 9.86. The van der Waals surface area contributed by atoms with E-state index in [1.54, 1.807) is 25.1 Å². The molecule has 0 saturated heterocycles. The van der Waals surface area contributed by atoms with Gasteiger partial charge in [0.1, 0.15) is 11.5 Å². The second-order valence-corrected chi connectivity index (χ2v) is 5.46. The van der Waals surface area contributed by atoms with Gasteiger partial charge in [-0.05, 0) is 31.5 Å². The zero-order valence-corrected chi connectivity index (χ0v) is 11.7. The highest BCUT2D eigenvalue weighted by Gasteiger charge is 2.23. The summed E-state index contributed by atoms with van der Waals surface area (Å²) in [6.45, 7) is 5.85. The van der Waals surface area contributed by atoms with E-state index in [-0.39, 0.29) is 11.2 Å². The van der Waals surface area contributed by atoms with E-state index in [1.807, 2.05) is 13.8 Å². The van der Waals surface area contributed by atoms with Crippen LogP contribution in [0, 0.1) is 5.41 Å². The van der Waals surface area contributed by atoms with Crippen LogP contribution in [0.4, 0.5) is 0 Å². The van der Waals surface area contributed by atoms with E-state index in [4.69, 9.17) is 27.9 Å². The second kappa shape index (κ2) is 5.74. The maximum atomic E-state index is 11.3. The van der Waals surface area contributed by atoms with Gasteiger partial charge in [-0.2, -0.15) is 0 Å². The molecule has 2 nitrogen and oxygen atoms in total. The largest absolute Gasteiger partial charge is 0.492 e. The highest BCUT2D eigenvalue weighted by Crippen LogP contribution is 2.28. The lowest BCUT2D eigenvalue weighted by molar-refractivity contribution is -0.125. The van der Waals surface area contributed by atoms with Crippen molar-refractivity contribution in [1.29, 1.82) is 0 Å². The predicted molar refractivity (Wildman–Crippen MR) is 71.0 cm³/mol. The van der Waals surface area contributed by atoms with Crippen molar-refractivity contribution >= 4 is 29.0 Å². The maximum Gasteiger partial charge on any atom is 0.137 e. The Morgan fingerprint density at radius 3 is 2.53 bits per heavy atom. The third kappa shape index (κ3) is 4.21. The van der Waals surface area contributed by atoms with Crippen LogP contribution in [0.1, 0.15) is 27.2 Å². The fraction of sp³-hybridized carbons (Fsp3) is 0.462. The number of halogens is 2. The van der Waals surface area contributed by atoms with Crippen molar-refractivity contribution in [3.63, 3.8) is 0 Å². The minimum atomic E-state index is -0.362. The molecule has 1 aromatic rings. The van der Waals surface area contributed by atoms with E-state index in [0.717, 1.165) is 0 Å². The van der Waals surface area contributed by atoms with Crippen molar-refractivity contribution in [1.82, 2.24) is 0 Å². The smallest absolute Gasteiger partial charge is 0.137 e. The number of ketones is 1. The van der Waals surface area contributed by atoms with E-state index in [1.165, 1.54) is 0 Å². The van der Waals surface area contributed by atoms with E-state index < -0.39 is 0 Å². The minimum Gasteiger partial charge on any atom is -0.492 e. The Bertz CT molecular complexity index is 414. The van der Waals surface area contributed by atoms with Gasteiger partial charge in [0.05, 0.1) is 11.6 Å². The third-order valence-corrected chi connectivity index (χ3v) is 3.36. The summed E-state index contributed by atoms with van der Waals surface area (Å²) in [5.41, 5.74) is -0.362. The lowest BCUT2D eigenvalue weighted by Crippen LogP contribution is -2.23. The molecule has 0 spiro atoms. The van der Waals surface area contributed by atoms with Gasteiger partial charge in [-0.15, -0.1) is 0 Å². The number of carbonyl (C=O) groups excluding carboxylic acids is 1. The van der Waals surface area contributed by atoms with Crippen LogP contribution in [0.25, 0.3) is 0 Å². The fourth-order valence-electron chi connectivity index (χ4n) is 1.18. The first-order chi connectivity index (χ1) is 7.83. The first-order valence-electron chi connectivity index (χ1n) is 5.42. The van der Waals surface area contributed by atoms with E-state index in [0.29, 0.717) is 28.8 Å². The molecule has 1 rings (SSSR count). The van der Waals surface area contributed by atoms with Crippen molar-refractivity contribution < 1.29 is 9.53 Å². The molecule has 0 saturated carbocycles. The molecule has 0 aliphatic heterocycles. The van der Waals surface area contributed by atoms with Crippen molar-refractivity contribution in [3.05, 3.63) is 28.2 Å². The third-order valence-electron chi connectivity index (χ3n) is 2.83. The van der Waals surface area contributed by atoms with Gasteiger partial charge in [-0.3, -0.25) is 4.79 Å². The van der Waals surface area contributed by atoms with Gasteiger partial charge in [0.15, 0.2) is 0 Å². The highest BCUT2D eigenvalue weighted by molar-refractivity contribution is 6.35. The number of hydrogen-bond donors (Lipinski definition) is 0. The van der Waals surface area contributed by atoms with Gasteiger partial charge < -0.3 is 4.74 Å². The predicted octanol–water partition coefficient (Wildman–Crippen LogP) is 4.38. The van der Waals surface area contributed by atoms with Gasteiger partial charge in [-0.1, -0.05) is 37.0 Å². The molecule has 0 amide bonds. The summed E-state index contributed by atoms with van der Waals surface area (Å²) >= 11 is 11.7. The number of benzene rings is 1. The molecule has 1 aromatic carbocycles. The Balaban J connectivity index is 2.54. The number of Topliss-reactive ketones (excluding diaryl/α,β-unsaturated/α-hetero) is 1. The molecule has 0 N–H and O–H groups in total. The number of ether oxygens (including phenoxy) is 1. The average molecular weight is 275 g/mol. The second-order valence-electron chi connectivity index (χ2n) is 4.61. The fourth-order valence-corrected chi connectivity index (χ4v) is 1.65. The average Bonchev–Trinajstić information content (AvgIpc) is 2.21. The van der Waals surface area contributed by atoms with Crippen LogP contribution < -0.4 is 4.74 Å². The van der Waals surface area contributed by atoms with Crippen molar-refractivity contribution in [2.24, 2.45) is 5.41 Å². The topological polar surface area (TPSA) is 26.3 Å². The van der Waals surface area contributed by atoms with Gasteiger partial charge >= 0.3 is 0 Å². The van der Waals surface area contributed by atoms with E-state index in [9.17, 15) is 4.79 Å². The molecule has 0 radical (unpaired) electrons. The zero-order valence-electron chi connectivity index (χ0n) is 10.2. The molecule has 0 unspecified atom stereocenters. The molecule has 0 atom stereocenters. The first-order valence-corrected chi connectivity index (χ1v) is 6.17. The van der Waals surface area contributed by atoms with Crippen LogP contribution in [0.15, 0.2) is 18.2 Å². The molecule has 0 aliphatic carbocycles. The molecule has 4 heteroatoms. The Labute approximate surface area is 112 Å². The van der Waals surface area contributed by atoms with Crippen LogP contribution in [0.5, 0.6) is 5.75 Å². The summed E-state index contributed by atoms with van der Waals surface area (Å²) in [4.78, 5) is 11.3. The van der Waals surface area contributed by atoms with Crippen LogP contribution in [0.2, 0.25) is 10.0 Å². The summed E-state index contributed by atoms with van der Waals surface area (Å²) in [6, 6.07) is 5.08. The Kier molecular flexibility index (Phi) is 4.84. The quantitative estimate of drug-likeness (QED) is 0.797. The summed E-state index contributed by atoms with van der Waals surface area (Å²) in [7, 11) is 0. The highest BCUT2D eigenvalue weighted by atomic mass is 35.5. The van der Waals surface area contributed by atoms with Gasteiger partial charge in [0.2, 0.25) is 0 Å². The molecule has 17 heavy (non-hydrogen) atoms. The van der Waals surface area contributed by atoms with Crippen LogP contribution in [0.3, 0.4) is 0 Å². The number of carbonyl (C=O) groups is 1. The summed E-state index contributed by atoms with van der Waals surface area (Å²) in [6.07, 6.45) is 0.654. The Morgan fingerprint density at radius 2 is 2.00 bits per heavy atom. The molecule has 0 aromatic heterocycles. The lowest BCUT2D eigenvalue weighted by Gasteiger charge is -2.21. The molecule has 0 fully saturated rings. The van der Waals surface area contributed by atoms with E-state index in [2.05, 4.69) is 0 Å². The summed E-state index contributed by atoms with van der Waals surface area (Å²) < 4.78 is 5.53. The normalized spacial score (nSPS) is 11.4. The molecular formula is C13H16Cl2O2. The SMILES string of the molecule is CC(=O)C(C)(C)CCOc1ccc(Cl)cc1Cl. The van der Waals surface area contributed by atoms with Crippen molar-refractivity contribution in [2.45, 2.75) is 27.2 Å². The standard InChI is InChI=1S/C13H16Cl2O2/c1-9(16)13(2,3)6-7-17-12-5-4-10(14)8-11(12)15/h4-5,8H,6-7H2,1-3H3. The minimum absolute atomic E-state index is 0.156. The van der Waals surface area contributed by atoms with Gasteiger partial charge in [0, 0.05) is 10.4 Å². The molecule has 94 valence electrons. The van der Waals surface area contributed by atoms with E-state index >= 15 is 0 Å². The molecular weight excluding hydrogens is 259 g/mol. The Hall–Kier alpha value is -0.730. The van der Waals surface area contributed by atoms with Crippen LogP contribution in [-0.2, 0) is 4.79 Å². The van der Waals surface area contributed by atoms with Gasteiger partial charge in [-0.25, -0.2) is 0 Å². The number of hydrogen-bond acceptors (Lipinski definition) is 2. The molecule has 0 heterocycles. The molecule has 0 aliphatic rings. The van der Waals surface area contributed by atoms with Gasteiger partial charge in [0.25, 0.3) is 0 Å². The number of rotatable bonds is 5. The maximum absolute atomic E-state index is 11.3.